The standard InChI is InChI=1S/C14H19N5O2/c1-2-9-19-12(15)11(13(20)18-14(19)21)17-8-5-10-3-6-16-7-4-10/h3-4,6-7,17H,2,5,8-9,15H2,1H3,(H,18,20,21). The SMILES string of the molecule is CCCn1c(N)c(NCCc2ccncc2)c(=O)[nH]c1=O. The van der Waals surface area contributed by atoms with Gasteiger partial charge in [-0.05, 0) is 30.5 Å². The van der Waals surface area contributed by atoms with Gasteiger partial charge in [-0.25, -0.2) is 4.79 Å². The Bertz CT molecular complexity index is 706. The molecule has 0 unspecified atom stereocenters. The Labute approximate surface area is 121 Å². The van der Waals surface area contributed by atoms with Crippen molar-refractivity contribution in [1.29, 1.82) is 0 Å². The van der Waals surface area contributed by atoms with Crippen LogP contribution in [0.3, 0.4) is 0 Å². The molecule has 7 nitrogen and oxygen atoms in total. The zero-order valence-electron chi connectivity index (χ0n) is 11.9. The van der Waals surface area contributed by atoms with Gasteiger partial charge >= 0.3 is 5.69 Å². The summed E-state index contributed by atoms with van der Waals surface area (Å²) in [4.78, 5) is 29.8. The third-order valence-electron chi connectivity index (χ3n) is 3.15. The van der Waals surface area contributed by atoms with Gasteiger partial charge in [0.1, 0.15) is 11.5 Å². The Hall–Kier alpha value is -2.57. The highest BCUT2D eigenvalue weighted by Gasteiger charge is 2.11. The Morgan fingerprint density at radius 1 is 1.33 bits per heavy atom. The molecule has 112 valence electrons. The molecule has 0 fully saturated rings. The number of nitrogen functional groups attached to an aromatic ring is 1. The molecule has 21 heavy (non-hydrogen) atoms. The average Bonchev–Trinajstić information content (AvgIpc) is 2.48. The number of pyridine rings is 1. The maximum atomic E-state index is 11.8. The van der Waals surface area contributed by atoms with Gasteiger partial charge in [0, 0.05) is 25.5 Å². The summed E-state index contributed by atoms with van der Waals surface area (Å²) in [5.41, 5.74) is 6.31. The minimum absolute atomic E-state index is 0.181. The first kappa shape index (κ1) is 14.8. The van der Waals surface area contributed by atoms with Gasteiger partial charge in [-0.2, -0.15) is 0 Å². The summed E-state index contributed by atoms with van der Waals surface area (Å²) in [5.74, 6) is 0.181. The van der Waals surface area contributed by atoms with Crippen molar-refractivity contribution in [2.45, 2.75) is 26.3 Å². The minimum Gasteiger partial charge on any atom is -0.383 e. The van der Waals surface area contributed by atoms with Gasteiger partial charge in [0.25, 0.3) is 5.56 Å². The van der Waals surface area contributed by atoms with E-state index in [0.717, 1.165) is 18.4 Å². The monoisotopic (exact) mass is 289 g/mol. The van der Waals surface area contributed by atoms with E-state index < -0.39 is 11.2 Å². The summed E-state index contributed by atoms with van der Waals surface area (Å²) in [6, 6.07) is 3.82. The predicted octanol–water partition coefficient (Wildman–Crippen LogP) is 0.578. The molecular weight excluding hydrogens is 270 g/mol. The van der Waals surface area contributed by atoms with Crippen molar-refractivity contribution >= 4 is 11.5 Å². The van der Waals surface area contributed by atoms with Crippen molar-refractivity contribution in [2.24, 2.45) is 0 Å². The first-order valence-corrected chi connectivity index (χ1v) is 6.88. The molecule has 2 aromatic heterocycles. The molecule has 0 bridgehead atoms. The fraction of sp³-hybridized carbons (Fsp3) is 0.357. The molecule has 0 aromatic carbocycles. The molecule has 7 heteroatoms. The Balaban J connectivity index is 2.14. The van der Waals surface area contributed by atoms with Crippen molar-refractivity contribution < 1.29 is 0 Å². The van der Waals surface area contributed by atoms with Crippen LogP contribution < -0.4 is 22.3 Å². The molecule has 0 spiro atoms. The van der Waals surface area contributed by atoms with Crippen LogP contribution in [0.2, 0.25) is 0 Å². The number of anilines is 2. The van der Waals surface area contributed by atoms with Crippen LogP contribution >= 0.6 is 0 Å². The third-order valence-corrected chi connectivity index (χ3v) is 3.15. The second-order valence-corrected chi connectivity index (χ2v) is 4.70. The van der Waals surface area contributed by atoms with Gasteiger partial charge in [-0.15, -0.1) is 0 Å². The highest BCUT2D eigenvalue weighted by atomic mass is 16.2. The first-order valence-electron chi connectivity index (χ1n) is 6.88. The lowest BCUT2D eigenvalue weighted by molar-refractivity contribution is 0.642. The summed E-state index contributed by atoms with van der Waals surface area (Å²) < 4.78 is 1.37. The Morgan fingerprint density at radius 3 is 2.71 bits per heavy atom. The number of aromatic nitrogens is 3. The molecule has 2 rings (SSSR count). The van der Waals surface area contributed by atoms with E-state index in [4.69, 9.17) is 5.73 Å². The van der Waals surface area contributed by atoms with Crippen molar-refractivity contribution in [3.8, 4) is 0 Å². The third kappa shape index (κ3) is 3.50. The topological polar surface area (TPSA) is 106 Å². The summed E-state index contributed by atoms with van der Waals surface area (Å²) in [7, 11) is 0. The van der Waals surface area contributed by atoms with Gasteiger partial charge in [0.05, 0.1) is 0 Å². The van der Waals surface area contributed by atoms with Gasteiger partial charge in [0.15, 0.2) is 0 Å². The molecule has 0 aliphatic heterocycles. The highest BCUT2D eigenvalue weighted by Crippen LogP contribution is 2.10. The molecule has 0 radical (unpaired) electrons. The van der Waals surface area contributed by atoms with Crippen LogP contribution in [0.15, 0.2) is 34.1 Å². The quantitative estimate of drug-likeness (QED) is 0.721. The number of hydrogen-bond acceptors (Lipinski definition) is 5. The molecule has 0 aliphatic carbocycles. The number of aromatic amines is 1. The van der Waals surface area contributed by atoms with Crippen LogP contribution in [0, 0.1) is 0 Å². The van der Waals surface area contributed by atoms with Crippen molar-refractivity contribution in [3.63, 3.8) is 0 Å². The van der Waals surface area contributed by atoms with E-state index in [1.165, 1.54) is 4.57 Å². The summed E-state index contributed by atoms with van der Waals surface area (Å²) in [6.07, 6.45) is 4.93. The molecule has 2 aromatic rings. The van der Waals surface area contributed by atoms with Crippen LogP contribution in [0.4, 0.5) is 11.5 Å². The van der Waals surface area contributed by atoms with Gasteiger partial charge in [0.2, 0.25) is 0 Å². The second kappa shape index (κ2) is 6.74. The number of nitrogens with one attached hydrogen (secondary N) is 2. The van der Waals surface area contributed by atoms with Crippen LogP contribution in [0.1, 0.15) is 18.9 Å². The van der Waals surface area contributed by atoms with E-state index in [9.17, 15) is 9.59 Å². The number of H-pyrrole nitrogens is 1. The molecule has 0 saturated heterocycles. The van der Waals surface area contributed by atoms with Crippen LogP contribution in [-0.2, 0) is 13.0 Å². The van der Waals surface area contributed by atoms with Gasteiger partial charge in [-0.1, -0.05) is 6.92 Å². The average molecular weight is 289 g/mol. The number of nitrogens with two attached hydrogens (primary N) is 1. The zero-order valence-corrected chi connectivity index (χ0v) is 11.9. The maximum absolute atomic E-state index is 11.8. The first-order chi connectivity index (χ1) is 10.1. The highest BCUT2D eigenvalue weighted by molar-refractivity contribution is 5.60. The fourth-order valence-electron chi connectivity index (χ4n) is 2.09. The summed E-state index contributed by atoms with van der Waals surface area (Å²) in [6.45, 7) is 2.95. The van der Waals surface area contributed by atoms with E-state index >= 15 is 0 Å². The minimum atomic E-state index is -0.486. The van der Waals surface area contributed by atoms with E-state index in [0.29, 0.717) is 13.1 Å². The second-order valence-electron chi connectivity index (χ2n) is 4.70. The normalized spacial score (nSPS) is 10.5. The van der Waals surface area contributed by atoms with Crippen LogP contribution in [0.25, 0.3) is 0 Å². The Morgan fingerprint density at radius 2 is 2.05 bits per heavy atom. The van der Waals surface area contributed by atoms with E-state index in [1.807, 2.05) is 19.1 Å². The van der Waals surface area contributed by atoms with Crippen LogP contribution in [0.5, 0.6) is 0 Å². The molecule has 0 atom stereocenters. The molecule has 0 amide bonds. The molecule has 0 saturated carbocycles. The Kier molecular flexibility index (Phi) is 4.76. The van der Waals surface area contributed by atoms with Gasteiger partial charge < -0.3 is 11.1 Å². The van der Waals surface area contributed by atoms with Crippen molar-refractivity contribution in [2.75, 3.05) is 17.6 Å². The smallest absolute Gasteiger partial charge is 0.330 e. The molecule has 2 heterocycles. The summed E-state index contributed by atoms with van der Waals surface area (Å²) in [5, 5.41) is 3.01. The largest absolute Gasteiger partial charge is 0.383 e. The lowest BCUT2D eigenvalue weighted by atomic mass is 10.2. The molecule has 0 aliphatic rings. The van der Waals surface area contributed by atoms with E-state index in [1.54, 1.807) is 12.4 Å². The van der Waals surface area contributed by atoms with Gasteiger partial charge in [-0.3, -0.25) is 19.3 Å². The van der Waals surface area contributed by atoms with E-state index in [2.05, 4.69) is 15.3 Å². The predicted molar refractivity (Wildman–Crippen MR) is 82.5 cm³/mol. The number of nitrogens with zero attached hydrogens (tertiary/aromatic N) is 2. The van der Waals surface area contributed by atoms with Crippen molar-refractivity contribution in [1.82, 2.24) is 14.5 Å². The molecular formula is C14H19N5O2. The summed E-state index contributed by atoms with van der Waals surface area (Å²) >= 11 is 0. The number of rotatable bonds is 6. The van der Waals surface area contributed by atoms with E-state index in [-0.39, 0.29) is 11.5 Å². The number of hydrogen-bond donors (Lipinski definition) is 3. The fourth-order valence-corrected chi connectivity index (χ4v) is 2.09. The molecule has 4 N–H and O–H groups in total. The lowest BCUT2D eigenvalue weighted by Crippen LogP contribution is -2.34. The van der Waals surface area contributed by atoms with Crippen LogP contribution in [-0.4, -0.2) is 21.1 Å². The maximum Gasteiger partial charge on any atom is 0.330 e. The lowest BCUT2D eigenvalue weighted by Gasteiger charge is -2.13. The zero-order chi connectivity index (χ0) is 15.2. The van der Waals surface area contributed by atoms with Crippen molar-refractivity contribution in [3.05, 3.63) is 50.9 Å².